The van der Waals surface area contributed by atoms with Gasteiger partial charge in [-0.25, -0.2) is 17.9 Å². The summed E-state index contributed by atoms with van der Waals surface area (Å²) < 4.78 is 32.0. The molecule has 1 fully saturated rings. The Kier molecular flexibility index (Phi) is 3.75. The molecule has 2 N–H and O–H groups in total. The first-order valence-electron chi connectivity index (χ1n) is 6.18. The highest BCUT2D eigenvalue weighted by Gasteiger charge is 2.38. The topological polar surface area (TPSA) is 92.7 Å². The van der Waals surface area contributed by atoms with Crippen LogP contribution < -0.4 is 9.46 Å². The number of carbonyl (C=O) groups is 1. The highest BCUT2D eigenvalue weighted by molar-refractivity contribution is 7.89. The molecule has 0 heterocycles. The zero-order valence-electron chi connectivity index (χ0n) is 11.3. The lowest BCUT2D eigenvalue weighted by Gasteiger charge is -2.13. The summed E-state index contributed by atoms with van der Waals surface area (Å²) in [5.41, 5.74) is 0.0244. The van der Waals surface area contributed by atoms with E-state index in [9.17, 15) is 13.2 Å². The van der Waals surface area contributed by atoms with Gasteiger partial charge in [0.2, 0.25) is 10.0 Å². The fourth-order valence-electron chi connectivity index (χ4n) is 1.76. The summed E-state index contributed by atoms with van der Waals surface area (Å²) >= 11 is 0. The quantitative estimate of drug-likeness (QED) is 0.830. The van der Waals surface area contributed by atoms with E-state index < -0.39 is 16.0 Å². The highest BCUT2D eigenvalue weighted by Crippen LogP contribution is 2.44. The minimum Gasteiger partial charge on any atom is -0.495 e. The summed E-state index contributed by atoms with van der Waals surface area (Å²) in [6.07, 6.45) is 2.01. The van der Waals surface area contributed by atoms with Gasteiger partial charge < -0.3 is 9.84 Å². The van der Waals surface area contributed by atoms with Crippen molar-refractivity contribution in [3.05, 3.63) is 23.8 Å². The van der Waals surface area contributed by atoms with E-state index in [1.165, 1.54) is 25.3 Å². The molecule has 7 heteroatoms. The molecule has 6 nitrogen and oxygen atoms in total. The van der Waals surface area contributed by atoms with Crippen molar-refractivity contribution >= 4 is 16.0 Å². The molecule has 0 atom stereocenters. The van der Waals surface area contributed by atoms with E-state index in [1.54, 1.807) is 0 Å². The Morgan fingerprint density at radius 2 is 2.10 bits per heavy atom. The molecule has 1 aromatic carbocycles. The SMILES string of the molecule is COc1cc(C(=O)O)ccc1S(=O)(=O)NCC1(C)CC1. The Balaban J connectivity index is 2.28. The van der Waals surface area contributed by atoms with Gasteiger partial charge in [-0.2, -0.15) is 0 Å². The van der Waals surface area contributed by atoms with Gasteiger partial charge in [-0.1, -0.05) is 6.92 Å². The average Bonchev–Trinajstić information content (AvgIpc) is 3.14. The smallest absolute Gasteiger partial charge is 0.335 e. The number of sulfonamides is 1. The molecule has 1 saturated carbocycles. The largest absolute Gasteiger partial charge is 0.495 e. The molecule has 110 valence electrons. The van der Waals surface area contributed by atoms with E-state index in [2.05, 4.69) is 4.72 Å². The minimum absolute atomic E-state index is 0.0186. The molecule has 0 unspecified atom stereocenters. The molecule has 20 heavy (non-hydrogen) atoms. The Hall–Kier alpha value is -1.60. The Morgan fingerprint density at radius 3 is 2.60 bits per heavy atom. The van der Waals surface area contributed by atoms with Crippen molar-refractivity contribution in [3.8, 4) is 5.75 Å². The lowest BCUT2D eigenvalue weighted by Crippen LogP contribution is -2.29. The number of methoxy groups -OCH3 is 1. The molecule has 1 aliphatic carbocycles. The van der Waals surface area contributed by atoms with Crippen molar-refractivity contribution in [2.24, 2.45) is 5.41 Å². The molecular weight excluding hydrogens is 282 g/mol. The van der Waals surface area contributed by atoms with Crippen LogP contribution in [0.25, 0.3) is 0 Å². The van der Waals surface area contributed by atoms with Crippen LogP contribution in [0.3, 0.4) is 0 Å². The fraction of sp³-hybridized carbons (Fsp3) is 0.462. The molecule has 0 amide bonds. The van der Waals surface area contributed by atoms with Gasteiger partial charge in [-0.15, -0.1) is 0 Å². The van der Waals surface area contributed by atoms with Gasteiger partial charge in [0.25, 0.3) is 0 Å². The third-order valence-corrected chi connectivity index (χ3v) is 4.93. The maximum atomic E-state index is 12.2. The summed E-state index contributed by atoms with van der Waals surface area (Å²) in [5, 5.41) is 8.90. The van der Waals surface area contributed by atoms with E-state index >= 15 is 0 Å². The van der Waals surface area contributed by atoms with Gasteiger partial charge in [-0.05, 0) is 36.5 Å². The minimum atomic E-state index is -3.71. The number of aromatic carboxylic acids is 1. The zero-order chi connectivity index (χ0) is 15.0. The maximum Gasteiger partial charge on any atom is 0.335 e. The molecule has 0 spiro atoms. The first-order chi connectivity index (χ1) is 9.27. The molecule has 0 saturated heterocycles. The van der Waals surface area contributed by atoms with E-state index in [-0.39, 0.29) is 21.6 Å². The standard InChI is InChI=1S/C13H17NO5S/c1-13(5-6-13)8-14-20(17,18)11-4-3-9(12(15)16)7-10(11)19-2/h3-4,7,14H,5-6,8H2,1-2H3,(H,15,16). The average molecular weight is 299 g/mol. The number of ether oxygens (including phenoxy) is 1. The molecule has 1 aromatic rings. The number of benzene rings is 1. The van der Waals surface area contributed by atoms with Crippen LogP contribution in [0.1, 0.15) is 30.1 Å². The summed E-state index contributed by atoms with van der Waals surface area (Å²) in [6, 6.07) is 3.70. The van der Waals surface area contributed by atoms with E-state index in [0.29, 0.717) is 6.54 Å². The van der Waals surface area contributed by atoms with Crippen molar-refractivity contribution in [1.29, 1.82) is 0 Å². The second kappa shape index (κ2) is 5.06. The van der Waals surface area contributed by atoms with Crippen LogP contribution in [0.4, 0.5) is 0 Å². The number of hydrogen-bond acceptors (Lipinski definition) is 4. The van der Waals surface area contributed by atoms with Crippen LogP contribution in [0.5, 0.6) is 5.75 Å². The van der Waals surface area contributed by atoms with E-state index in [0.717, 1.165) is 12.8 Å². The third kappa shape index (κ3) is 3.10. The van der Waals surface area contributed by atoms with Gasteiger partial charge in [0.1, 0.15) is 10.6 Å². The second-order valence-corrected chi connectivity index (χ2v) is 7.04. The van der Waals surface area contributed by atoms with Gasteiger partial charge >= 0.3 is 5.97 Å². The van der Waals surface area contributed by atoms with Crippen molar-refractivity contribution in [3.63, 3.8) is 0 Å². The summed E-state index contributed by atoms with van der Waals surface area (Å²) in [7, 11) is -2.40. The predicted octanol–water partition coefficient (Wildman–Crippen LogP) is 1.47. The van der Waals surface area contributed by atoms with Crippen LogP contribution in [0, 0.1) is 5.41 Å². The second-order valence-electron chi connectivity index (χ2n) is 5.31. The van der Waals surface area contributed by atoms with Crippen LogP contribution in [-0.4, -0.2) is 33.1 Å². The molecule has 0 aromatic heterocycles. The normalized spacial score (nSPS) is 16.7. The molecule has 2 rings (SSSR count). The molecule has 0 aliphatic heterocycles. The van der Waals surface area contributed by atoms with E-state index in [1.807, 2.05) is 6.92 Å². The number of hydrogen-bond donors (Lipinski definition) is 2. The van der Waals surface area contributed by atoms with Crippen LogP contribution in [0.2, 0.25) is 0 Å². The van der Waals surface area contributed by atoms with Gasteiger partial charge in [0, 0.05) is 6.54 Å². The summed E-state index contributed by atoms with van der Waals surface area (Å²) in [5.74, 6) is -1.11. The predicted molar refractivity (Wildman–Crippen MR) is 72.5 cm³/mol. The summed E-state index contributed by atoms with van der Waals surface area (Å²) in [4.78, 5) is 10.8. The van der Waals surface area contributed by atoms with Crippen LogP contribution in [-0.2, 0) is 10.0 Å². The highest BCUT2D eigenvalue weighted by atomic mass is 32.2. The Morgan fingerprint density at radius 1 is 1.45 bits per heavy atom. The van der Waals surface area contributed by atoms with Crippen molar-refractivity contribution in [2.45, 2.75) is 24.7 Å². The van der Waals surface area contributed by atoms with Crippen molar-refractivity contribution in [1.82, 2.24) is 4.72 Å². The number of rotatable bonds is 6. The Bertz CT molecular complexity index is 634. The lowest BCUT2D eigenvalue weighted by molar-refractivity contribution is 0.0696. The van der Waals surface area contributed by atoms with Gasteiger partial charge in [0.05, 0.1) is 12.7 Å². The van der Waals surface area contributed by atoms with Crippen molar-refractivity contribution < 1.29 is 23.1 Å². The molecule has 0 radical (unpaired) electrons. The zero-order valence-corrected chi connectivity index (χ0v) is 12.2. The van der Waals surface area contributed by atoms with Crippen molar-refractivity contribution in [2.75, 3.05) is 13.7 Å². The molecule has 0 bridgehead atoms. The van der Waals surface area contributed by atoms with Gasteiger partial charge in [0.15, 0.2) is 0 Å². The fourth-order valence-corrected chi connectivity index (χ4v) is 3.11. The number of carboxylic acids is 1. The lowest BCUT2D eigenvalue weighted by atomic mass is 10.2. The maximum absolute atomic E-state index is 12.2. The Labute approximate surface area is 117 Å². The van der Waals surface area contributed by atoms with E-state index in [4.69, 9.17) is 9.84 Å². The van der Waals surface area contributed by atoms with Crippen LogP contribution >= 0.6 is 0 Å². The number of carboxylic acid groups (broad SMARTS) is 1. The summed E-state index contributed by atoms with van der Waals surface area (Å²) in [6.45, 7) is 2.39. The van der Waals surface area contributed by atoms with Gasteiger partial charge in [-0.3, -0.25) is 0 Å². The van der Waals surface area contributed by atoms with Crippen LogP contribution in [0.15, 0.2) is 23.1 Å². The molecular formula is C13H17NO5S. The first-order valence-corrected chi connectivity index (χ1v) is 7.67. The number of nitrogens with one attached hydrogen (secondary N) is 1. The monoisotopic (exact) mass is 299 g/mol. The first kappa shape index (κ1) is 14.8. The third-order valence-electron chi connectivity index (χ3n) is 3.49. The molecule has 1 aliphatic rings.